The van der Waals surface area contributed by atoms with Gasteiger partial charge in [0.15, 0.2) is 5.13 Å². The van der Waals surface area contributed by atoms with E-state index >= 15 is 0 Å². The standard InChI is InChI=1S/C9H13N2S/c1-8-4-2-3-6-11(8)9-10-5-7-12-9/h7-8H,2-4,6H2,1H3. The monoisotopic (exact) mass is 181 g/mol. The highest BCUT2D eigenvalue weighted by atomic mass is 32.1. The number of anilines is 1. The average Bonchev–Trinajstić information content (AvgIpc) is 2.57. The molecule has 0 bridgehead atoms. The number of hydrogen-bond acceptors (Lipinski definition) is 3. The zero-order chi connectivity index (χ0) is 8.39. The largest absolute Gasteiger partial charge is 0.345 e. The van der Waals surface area contributed by atoms with E-state index in [1.807, 2.05) is 5.38 Å². The van der Waals surface area contributed by atoms with Crippen LogP contribution in [0, 0.1) is 6.20 Å². The summed E-state index contributed by atoms with van der Waals surface area (Å²) < 4.78 is 0. The van der Waals surface area contributed by atoms with Gasteiger partial charge in [0.2, 0.25) is 0 Å². The lowest BCUT2D eigenvalue weighted by molar-refractivity contribution is 0.484. The van der Waals surface area contributed by atoms with Crippen LogP contribution in [0.5, 0.6) is 0 Å². The van der Waals surface area contributed by atoms with Crippen molar-refractivity contribution in [2.45, 2.75) is 32.2 Å². The van der Waals surface area contributed by atoms with Crippen LogP contribution in [-0.2, 0) is 0 Å². The number of aromatic nitrogens is 1. The van der Waals surface area contributed by atoms with Gasteiger partial charge in [-0.3, -0.25) is 0 Å². The van der Waals surface area contributed by atoms with Crippen molar-refractivity contribution in [1.82, 2.24) is 4.98 Å². The van der Waals surface area contributed by atoms with Gasteiger partial charge in [0, 0.05) is 18.0 Å². The number of nitrogens with zero attached hydrogens (tertiary/aromatic N) is 2. The highest BCUT2D eigenvalue weighted by Crippen LogP contribution is 2.25. The number of piperidine rings is 1. The van der Waals surface area contributed by atoms with Crippen LogP contribution in [-0.4, -0.2) is 17.6 Å². The molecule has 2 nitrogen and oxygen atoms in total. The molecule has 1 aromatic heterocycles. The third-order valence-corrected chi connectivity index (χ3v) is 3.19. The lowest BCUT2D eigenvalue weighted by Gasteiger charge is -2.32. The molecule has 1 aliphatic heterocycles. The Hall–Kier alpha value is -0.570. The molecule has 1 atom stereocenters. The van der Waals surface area contributed by atoms with Gasteiger partial charge >= 0.3 is 0 Å². The molecule has 0 amide bonds. The van der Waals surface area contributed by atoms with Gasteiger partial charge in [0.05, 0.1) is 0 Å². The average molecular weight is 181 g/mol. The molecule has 3 heteroatoms. The highest BCUT2D eigenvalue weighted by Gasteiger charge is 2.19. The SMILES string of the molecule is CC1CCCCN1c1n[c]cs1. The molecule has 1 unspecified atom stereocenters. The van der Waals surface area contributed by atoms with Crippen molar-refractivity contribution in [3.8, 4) is 0 Å². The quantitative estimate of drug-likeness (QED) is 0.661. The second-order valence-corrected chi connectivity index (χ2v) is 4.13. The van der Waals surface area contributed by atoms with Gasteiger partial charge in [-0.25, -0.2) is 4.98 Å². The molecule has 1 saturated heterocycles. The van der Waals surface area contributed by atoms with E-state index in [-0.39, 0.29) is 0 Å². The fourth-order valence-corrected chi connectivity index (χ4v) is 2.42. The predicted octanol–water partition coefficient (Wildman–Crippen LogP) is 2.32. The fraction of sp³-hybridized carbons (Fsp3) is 0.667. The summed E-state index contributed by atoms with van der Waals surface area (Å²) in [5.41, 5.74) is 0. The maximum Gasteiger partial charge on any atom is 0.186 e. The van der Waals surface area contributed by atoms with Crippen molar-refractivity contribution >= 4 is 16.5 Å². The summed E-state index contributed by atoms with van der Waals surface area (Å²) in [6.07, 6.45) is 6.86. The van der Waals surface area contributed by atoms with Crippen LogP contribution in [0.25, 0.3) is 0 Å². The van der Waals surface area contributed by atoms with Gasteiger partial charge in [-0.05, 0) is 26.2 Å². The third kappa shape index (κ3) is 1.46. The molecular weight excluding hydrogens is 168 g/mol. The molecule has 65 valence electrons. The third-order valence-electron chi connectivity index (χ3n) is 2.43. The Kier molecular flexibility index (Phi) is 2.30. The van der Waals surface area contributed by atoms with Crippen molar-refractivity contribution < 1.29 is 0 Å². The Labute approximate surface area is 77.2 Å². The van der Waals surface area contributed by atoms with E-state index in [1.54, 1.807) is 11.3 Å². The first-order valence-corrected chi connectivity index (χ1v) is 5.34. The van der Waals surface area contributed by atoms with Crippen molar-refractivity contribution in [3.63, 3.8) is 0 Å². The van der Waals surface area contributed by atoms with Gasteiger partial charge in [0.25, 0.3) is 0 Å². The van der Waals surface area contributed by atoms with E-state index in [2.05, 4.69) is 23.0 Å². The van der Waals surface area contributed by atoms with E-state index in [9.17, 15) is 0 Å². The number of rotatable bonds is 1. The van der Waals surface area contributed by atoms with E-state index in [0.717, 1.165) is 5.13 Å². The van der Waals surface area contributed by atoms with Gasteiger partial charge in [-0.1, -0.05) is 0 Å². The number of thiazole rings is 1. The fourth-order valence-electron chi connectivity index (χ4n) is 1.70. The van der Waals surface area contributed by atoms with E-state index < -0.39 is 0 Å². The van der Waals surface area contributed by atoms with E-state index in [4.69, 9.17) is 0 Å². The molecule has 1 aromatic rings. The first-order chi connectivity index (χ1) is 5.88. The summed E-state index contributed by atoms with van der Waals surface area (Å²) >= 11 is 1.69. The molecule has 0 aromatic carbocycles. The van der Waals surface area contributed by atoms with Crippen LogP contribution in [0.1, 0.15) is 26.2 Å². The summed E-state index contributed by atoms with van der Waals surface area (Å²) in [5, 5.41) is 3.07. The van der Waals surface area contributed by atoms with Crippen LogP contribution < -0.4 is 4.90 Å². The first kappa shape index (κ1) is 8.05. The van der Waals surface area contributed by atoms with Gasteiger partial charge in [-0.2, -0.15) is 0 Å². The van der Waals surface area contributed by atoms with Crippen molar-refractivity contribution in [1.29, 1.82) is 0 Å². The molecule has 2 heterocycles. The normalized spacial score (nSPS) is 24.4. The smallest absolute Gasteiger partial charge is 0.186 e. The molecule has 1 fully saturated rings. The van der Waals surface area contributed by atoms with Crippen molar-refractivity contribution in [2.75, 3.05) is 11.4 Å². The number of hydrogen-bond donors (Lipinski definition) is 0. The van der Waals surface area contributed by atoms with Crippen LogP contribution in [0.15, 0.2) is 5.38 Å². The van der Waals surface area contributed by atoms with Gasteiger partial charge in [0.1, 0.15) is 6.20 Å². The van der Waals surface area contributed by atoms with E-state index in [1.165, 1.54) is 25.8 Å². The Morgan fingerprint density at radius 2 is 2.58 bits per heavy atom. The van der Waals surface area contributed by atoms with Gasteiger partial charge < -0.3 is 4.90 Å². The highest BCUT2D eigenvalue weighted by molar-refractivity contribution is 7.13. The zero-order valence-electron chi connectivity index (χ0n) is 7.29. The van der Waals surface area contributed by atoms with Crippen LogP contribution in [0.3, 0.4) is 0 Å². The summed E-state index contributed by atoms with van der Waals surface area (Å²) in [7, 11) is 0. The predicted molar refractivity (Wildman–Crippen MR) is 51.6 cm³/mol. The molecule has 0 N–H and O–H groups in total. The lowest BCUT2D eigenvalue weighted by atomic mass is 10.1. The molecule has 0 saturated carbocycles. The van der Waals surface area contributed by atoms with E-state index in [0.29, 0.717) is 6.04 Å². The van der Waals surface area contributed by atoms with Crippen molar-refractivity contribution in [3.05, 3.63) is 11.6 Å². The molecule has 1 radical (unpaired) electrons. The summed E-state index contributed by atoms with van der Waals surface area (Å²) in [5.74, 6) is 0. The topological polar surface area (TPSA) is 16.1 Å². The Morgan fingerprint density at radius 1 is 1.67 bits per heavy atom. The summed E-state index contributed by atoms with van der Waals surface area (Å²) in [6.45, 7) is 3.45. The Bertz CT molecular complexity index is 233. The van der Waals surface area contributed by atoms with Crippen LogP contribution in [0.4, 0.5) is 5.13 Å². The minimum atomic E-state index is 0.665. The summed E-state index contributed by atoms with van der Waals surface area (Å²) in [4.78, 5) is 6.60. The van der Waals surface area contributed by atoms with Crippen molar-refractivity contribution in [2.24, 2.45) is 0 Å². The molecule has 12 heavy (non-hydrogen) atoms. The second kappa shape index (κ2) is 3.44. The molecule has 0 spiro atoms. The van der Waals surface area contributed by atoms with Crippen LogP contribution >= 0.6 is 11.3 Å². The Morgan fingerprint density at radius 3 is 3.25 bits per heavy atom. The van der Waals surface area contributed by atoms with Crippen LogP contribution in [0.2, 0.25) is 0 Å². The van der Waals surface area contributed by atoms with Gasteiger partial charge in [-0.15, -0.1) is 11.3 Å². The first-order valence-electron chi connectivity index (χ1n) is 4.46. The maximum atomic E-state index is 4.21. The lowest BCUT2D eigenvalue weighted by Crippen LogP contribution is -2.37. The molecule has 2 rings (SSSR count). The summed E-state index contributed by atoms with van der Waals surface area (Å²) in [6, 6.07) is 0.665. The maximum absolute atomic E-state index is 4.21. The minimum Gasteiger partial charge on any atom is -0.345 e. The zero-order valence-corrected chi connectivity index (χ0v) is 8.10. The molecule has 1 aliphatic rings. The second-order valence-electron chi connectivity index (χ2n) is 3.30. The molecular formula is C9H13N2S. The Balaban J connectivity index is 2.11. The molecule has 0 aliphatic carbocycles. The minimum absolute atomic E-state index is 0.665.